The van der Waals surface area contributed by atoms with Crippen molar-refractivity contribution in [2.75, 3.05) is 4.72 Å². The van der Waals surface area contributed by atoms with Crippen LogP contribution in [0.15, 0.2) is 18.2 Å². The molecule has 3 nitrogen and oxygen atoms in total. The summed E-state index contributed by atoms with van der Waals surface area (Å²) >= 11 is 5.53. The zero-order valence-corrected chi connectivity index (χ0v) is 9.28. The maximum absolute atomic E-state index is 12.8. The van der Waals surface area contributed by atoms with Gasteiger partial charge in [-0.05, 0) is 31.0 Å². The summed E-state index contributed by atoms with van der Waals surface area (Å²) in [5, 5.41) is -0.396. The number of rotatable bonds is 3. The smallest absolute Gasteiger partial charge is 0.235 e. The van der Waals surface area contributed by atoms with Crippen LogP contribution in [0, 0.1) is 5.82 Å². The van der Waals surface area contributed by atoms with Gasteiger partial charge in [0, 0.05) is 0 Å². The minimum Gasteiger partial charge on any atom is -0.283 e. The lowest BCUT2D eigenvalue weighted by Gasteiger charge is -2.06. The van der Waals surface area contributed by atoms with Crippen LogP contribution in [0.5, 0.6) is 0 Å². The van der Waals surface area contributed by atoms with Crippen molar-refractivity contribution < 1.29 is 12.8 Å². The lowest BCUT2D eigenvalue weighted by molar-refractivity contribution is 0.599. The molecular weight excluding hydrogens is 241 g/mol. The number of benzene rings is 1. The summed E-state index contributed by atoms with van der Waals surface area (Å²) in [5.74, 6) is -0.564. The third kappa shape index (κ3) is 2.41. The first kappa shape index (κ1) is 10.7. The molecule has 0 amide bonds. The van der Waals surface area contributed by atoms with Gasteiger partial charge in [-0.15, -0.1) is 0 Å². The first-order valence-electron chi connectivity index (χ1n) is 4.46. The Balaban J connectivity index is 2.21. The van der Waals surface area contributed by atoms with Crippen LogP contribution in [0.1, 0.15) is 12.8 Å². The van der Waals surface area contributed by atoms with E-state index in [2.05, 4.69) is 4.72 Å². The van der Waals surface area contributed by atoms with E-state index in [1.54, 1.807) is 0 Å². The van der Waals surface area contributed by atoms with Gasteiger partial charge in [0.1, 0.15) is 5.82 Å². The fourth-order valence-electron chi connectivity index (χ4n) is 1.19. The van der Waals surface area contributed by atoms with Crippen molar-refractivity contribution >= 4 is 27.3 Å². The zero-order valence-electron chi connectivity index (χ0n) is 7.70. The molecule has 1 fully saturated rings. The lowest BCUT2D eigenvalue weighted by Crippen LogP contribution is -2.17. The SMILES string of the molecule is O=S(=O)(Nc1ccc(F)c(Cl)c1)C1CC1. The second-order valence-electron chi connectivity index (χ2n) is 3.48. The number of nitrogens with one attached hydrogen (secondary N) is 1. The highest BCUT2D eigenvalue weighted by molar-refractivity contribution is 7.93. The normalized spacial score (nSPS) is 16.4. The Kier molecular flexibility index (Phi) is 2.60. The molecular formula is C9H9ClFNO2S. The topological polar surface area (TPSA) is 46.2 Å². The second kappa shape index (κ2) is 3.64. The van der Waals surface area contributed by atoms with E-state index < -0.39 is 15.8 Å². The van der Waals surface area contributed by atoms with E-state index in [0.29, 0.717) is 18.5 Å². The van der Waals surface area contributed by atoms with Crippen LogP contribution >= 0.6 is 11.6 Å². The lowest BCUT2D eigenvalue weighted by atomic mass is 10.3. The van der Waals surface area contributed by atoms with Gasteiger partial charge in [-0.1, -0.05) is 11.6 Å². The molecule has 1 saturated carbocycles. The summed E-state index contributed by atoms with van der Waals surface area (Å²) in [4.78, 5) is 0. The number of halogens is 2. The molecule has 0 spiro atoms. The standard InChI is InChI=1S/C9H9ClFNO2S/c10-8-5-6(1-4-9(8)11)12-15(13,14)7-2-3-7/h1,4-5,7,12H,2-3H2. The van der Waals surface area contributed by atoms with Gasteiger partial charge < -0.3 is 0 Å². The van der Waals surface area contributed by atoms with Crippen LogP contribution in [0.3, 0.4) is 0 Å². The monoisotopic (exact) mass is 249 g/mol. The summed E-state index contributed by atoms with van der Waals surface area (Å²) in [6.45, 7) is 0. The van der Waals surface area contributed by atoms with E-state index in [-0.39, 0.29) is 10.3 Å². The summed E-state index contributed by atoms with van der Waals surface area (Å²) < 4.78 is 38.2. The Morgan fingerprint density at radius 3 is 2.60 bits per heavy atom. The van der Waals surface area contributed by atoms with Gasteiger partial charge in [-0.2, -0.15) is 0 Å². The van der Waals surface area contributed by atoms with Gasteiger partial charge in [-0.3, -0.25) is 4.72 Å². The van der Waals surface area contributed by atoms with Crippen LogP contribution in [0.25, 0.3) is 0 Å². The van der Waals surface area contributed by atoms with Crippen LogP contribution in [0.4, 0.5) is 10.1 Å². The predicted octanol–water partition coefficient (Wildman–Crippen LogP) is 2.38. The summed E-state index contributed by atoms with van der Waals surface area (Å²) in [5.41, 5.74) is 0.299. The maximum atomic E-state index is 12.8. The molecule has 1 aromatic rings. The van der Waals surface area contributed by atoms with Crippen LogP contribution in [-0.4, -0.2) is 13.7 Å². The second-order valence-corrected chi connectivity index (χ2v) is 5.84. The highest BCUT2D eigenvalue weighted by Crippen LogP contribution is 2.30. The van der Waals surface area contributed by atoms with Gasteiger partial charge in [0.05, 0.1) is 16.0 Å². The first-order chi connectivity index (χ1) is 6.99. The Hall–Kier alpha value is -0.810. The van der Waals surface area contributed by atoms with Gasteiger partial charge in [0.15, 0.2) is 0 Å². The Bertz CT molecular complexity index is 485. The number of sulfonamides is 1. The van der Waals surface area contributed by atoms with Gasteiger partial charge in [-0.25, -0.2) is 12.8 Å². The average Bonchev–Trinajstić information content (AvgIpc) is 2.93. The van der Waals surface area contributed by atoms with Crippen molar-refractivity contribution in [2.45, 2.75) is 18.1 Å². The Labute approximate surface area is 92.3 Å². The van der Waals surface area contributed by atoms with Gasteiger partial charge in [0.2, 0.25) is 10.0 Å². The highest BCUT2D eigenvalue weighted by atomic mass is 35.5. The van der Waals surface area contributed by atoms with Crippen molar-refractivity contribution in [3.05, 3.63) is 29.0 Å². The number of anilines is 1. The molecule has 15 heavy (non-hydrogen) atoms. The molecule has 1 N–H and O–H groups in total. The average molecular weight is 250 g/mol. The van der Waals surface area contributed by atoms with Gasteiger partial charge >= 0.3 is 0 Å². The van der Waals surface area contributed by atoms with Crippen molar-refractivity contribution in [3.63, 3.8) is 0 Å². The molecule has 82 valence electrons. The van der Waals surface area contributed by atoms with Crippen molar-refractivity contribution in [2.24, 2.45) is 0 Å². The molecule has 0 atom stereocenters. The van der Waals surface area contributed by atoms with Crippen molar-refractivity contribution in [3.8, 4) is 0 Å². The van der Waals surface area contributed by atoms with E-state index in [4.69, 9.17) is 11.6 Å². The molecule has 0 aliphatic heterocycles. The van der Waals surface area contributed by atoms with Crippen molar-refractivity contribution in [1.29, 1.82) is 0 Å². The molecule has 0 radical (unpaired) electrons. The molecule has 0 bridgehead atoms. The molecule has 0 saturated heterocycles. The zero-order chi connectivity index (χ0) is 11.1. The third-order valence-electron chi connectivity index (χ3n) is 2.14. The van der Waals surface area contributed by atoms with E-state index in [1.165, 1.54) is 12.1 Å². The Morgan fingerprint density at radius 1 is 1.40 bits per heavy atom. The fourth-order valence-corrected chi connectivity index (χ4v) is 2.74. The molecule has 1 aliphatic rings. The number of hydrogen-bond acceptors (Lipinski definition) is 2. The minimum atomic E-state index is -3.30. The molecule has 0 aromatic heterocycles. The van der Waals surface area contributed by atoms with Crippen LogP contribution in [-0.2, 0) is 10.0 Å². The highest BCUT2D eigenvalue weighted by Gasteiger charge is 2.35. The van der Waals surface area contributed by atoms with E-state index >= 15 is 0 Å². The summed E-state index contributed by atoms with van der Waals surface area (Å²) in [6, 6.07) is 3.74. The molecule has 6 heteroatoms. The first-order valence-corrected chi connectivity index (χ1v) is 6.38. The largest absolute Gasteiger partial charge is 0.283 e. The van der Waals surface area contributed by atoms with Gasteiger partial charge in [0.25, 0.3) is 0 Å². The van der Waals surface area contributed by atoms with E-state index in [1.807, 2.05) is 0 Å². The molecule has 0 heterocycles. The van der Waals surface area contributed by atoms with Crippen LogP contribution in [0.2, 0.25) is 5.02 Å². The predicted molar refractivity (Wildman–Crippen MR) is 57.0 cm³/mol. The van der Waals surface area contributed by atoms with Crippen molar-refractivity contribution in [1.82, 2.24) is 0 Å². The maximum Gasteiger partial charge on any atom is 0.235 e. The van der Waals surface area contributed by atoms with E-state index in [0.717, 1.165) is 6.07 Å². The number of hydrogen-bond donors (Lipinski definition) is 1. The third-order valence-corrected chi connectivity index (χ3v) is 4.30. The molecule has 1 aliphatic carbocycles. The van der Waals surface area contributed by atoms with E-state index in [9.17, 15) is 12.8 Å². The molecule has 0 unspecified atom stereocenters. The van der Waals surface area contributed by atoms with Crippen LogP contribution < -0.4 is 4.72 Å². The minimum absolute atomic E-state index is 0.0917. The molecule has 2 rings (SSSR count). The fraction of sp³-hybridized carbons (Fsp3) is 0.333. The quantitative estimate of drug-likeness (QED) is 0.894. The molecule has 1 aromatic carbocycles. The summed E-state index contributed by atoms with van der Waals surface area (Å²) in [6.07, 6.45) is 1.37. The summed E-state index contributed by atoms with van der Waals surface area (Å²) in [7, 11) is -3.30. The Morgan fingerprint density at radius 2 is 2.07 bits per heavy atom.